The van der Waals surface area contributed by atoms with Crippen molar-refractivity contribution >= 4 is 5.97 Å². The lowest BCUT2D eigenvalue weighted by molar-refractivity contribution is -0.138. The zero-order chi connectivity index (χ0) is 15.4. The van der Waals surface area contributed by atoms with Crippen molar-refractivity contribution in [3.63, 3.8) is 0 Å². The Morgan fingerprint density at radius 2 is 2.19 bits per heavy atom. The fraction of sp³-hybridized carbons (Fsp3) is 0.562. The number of rotatable bonds is 5. The summed E-state index contributed by atoms with van der Waals surface area (Å²) in [5.74, 6) is -2.07. The summed E-state index contributed by atoms with van der Waals surface area (Å²) in [6.07, 6.45) is 2.65. The predicted molar refractivity (Wildman–Crippen MR) is 76.1 cm³/mol. The zero-order valence-electron chi connectivity index (χ0n) is 12.2. The van der Waals surface area contributed by atoms with E-state index in [-0.39, 0.29) is 12.5 Å². The van der Waals surface area contributed by atoms with Gasteiger partial charge < -0.3 is 5.11 Å². The molecule has 0 aromatic heterocycles. The number of hydrogen-bond donors (Lipinski definition) is 1. The largest absolute Gasteiger partial charge is 0.481 e. The van der Waals surface area contributed by atoms with E-state index in [1.165, 1.54) is 6.07 Å². The molecule has 1 fully saturated rings. The molecule has 0 bridgehead atoms. The van der Waals surface area contributed by atoms with Crippen LogP contribution in [0.3, 0.4) is 0 Å². The third-order valence-electron chi connectivity index (χ3n) is 4.07. The van der Waals surface area contributed by atoms with E-state index < -0.39 is 17.6 Å². The number of carboxylic acids is 1. The molecule has 1 aromatic carbocycles. The molecule has 3 nitrogen and oxygen atoms in total. The summed E-state index contributed by atoms with van der Waals surface area (Å²) in [4.78, 5) is 13.3. The maximum atomic E-state index is 13.3. The molecule has 0 aliphatic carbocycles. The minimum atomic E-state index is -0.881. The van der Waals surface area contributed by atoms with Gasteiger partial charge in [0.2, 0.25) is 0 Å². The molecule has 0 spiro atoms. The van der Waals surface area contributed by atoms with E-state index in [0.717, 1.165) is 38.1 Å². The third-order valence-corrected chi connectivity index (χ3v) is 4.07. The summed E-state index contributed by atoms with van der Waals surface area (Å²) in [5.41, 5.74) is 0.637. The van der Waals surface area contributed by atoms with Gasteiger partial charge in [0.1, 0.15) is 0 Å². The van der Waals surface area contributed by atoms with Crippen LogP contribution in [0.5, 0.6) is 0 Å². The van der Waals surface area contributed by atoms with Crippen LogP contribution in [0, 0.1) is 17.6 Å². The second-order valence-corrected chi connectivity index (χ2v) is 5.95. The van der Waals surface area contributed by atoms with Crippen molar-refractivity contribution in [3.05, 3.63) is 35.4 Å². The summed E-state index contributed by atoms with van der Waals surface area (Å²) in [7, 11) is 0. The van der Waals surface area contributed by atoms with Crippen LogP contribution in [0.15, 0.2) is 18.2 Å². The van der Waals surface area contributed by atoms with E-state index in [0.29, 0.717) is 17.9 Å². The van der Waals surface area contributed by atoms with Gasteiger partial charge in [0, 0.05) is 12.6 Å². The Bertz CT molecular complexity index is 507. The van der Waals surface area contributed by atoms with Gasteiger partial charge in [-0.15, -0.1) is 0 Å². The van der Waals surface area contributed by atoms with E-state index in [1.807, 2.05) is 0 Å². The molecule has 2 unspecified atom stereocenters. The van der Waals surface area contributed by atoms with E-state index in [2.05, 4.69) is 11.8 Å². The number of benzene rings is 1. The highest BCUT2D eigenvalue weighted by atomic mass is 19.2. The molecule has 0 amide bonds. The lowest BCUT2D eigenvalue weighted by Gasteiger charge is -2.36. The maximum Gasteiger partial charge on any atom is 0.304 e. The van der Waals surface area contributed by atoms with Crippen molar-refractivity contribution < 1.29 is 18.7 Å². The van der Waals surface area contributed by atoms with E-state index >= 15 is 0 Å². The monoisotopic (exact) mass is 297 g/mol. The molecule has 116 valence electrons. The quantitative estimate of drug-likeness (QED) is 0.908. The normalized spacial score (nSPS) is 21.2. The van der Waals surface area contributed by atoms with Crippen LogP contribution in [0.1, 0.15) is 31.7 Å². The molecule has 1 aliphatic rings. The van der Waals surface area contributed by atoms with Gasteiger partial charge >= 0.3 is 5.97 Å². The van der Waals surface area contributed by atoms with Crippen molar-refractivity contribution in [2.45, 2.75) is 38.6 Å². The van der Waals surface area contributed by atoms with Gasteiger partial charge in [0.25, 0.3) is 0 Å². The van der Waals surface area contributed by atoms with Crippen LogP contribution in [0.25, 0.3) is 0 Å². The number of likely N-dealkylation sites (tertiary alicyclic amines) is 1. The van der Waals surface area contributed by atoms with Gasteiger partial charge in [0.05, 0.1) is 6.42 Å². The number of aliphatic carboxylic acids is 1. The first kappa shape index (κ1) is 15.9. The van der Waals surface area contributed by atoms with E-state index in [4.69, 9.17) is 5.11 Å². The second kappa shape index (κ2) is 6.98. The highest BCUT2D eigenvalue weighted by molar-refractivity contribution is 5.67. The first-order valence-corrected chi connectivity index (χ1v) is 7.35. The number of carboxylic acid groups (broad SMARTS) is 1. The van der Waals surface area contributed by atoms with Crippen molar-refractivity contribution in [1.82, 2.24) is 4.90 Å². The average molecular weight is 297 g/mol. The Morgan fingerprint density at radius 1 is 1.43 bits per heavy atom. The lowest BCUT2D eigenvalue weighted by Crippen LogP contribution is -2.44. The minimum Gasteiger partial charge on any atom is -0.481 e. The molecule has 1 aromatic rings. The Balaban J connectivity index is 2.11. The average Bonchev–Trinajstić information content (AvgIpc) is 2.42. The van der Waals surface area contributed by atoms with Crippen LogP contribution in [0.4, 0.5) is 8.78 Å². The van der Waals surface area contributed by atoms with Crippen LogP contribution in [0.2, 0.25) is 0 Å². The standard InChI is InChI=1S/C16H21F2NO2/c1-11-3-2-6-19(10-11)13(9-16(20)21)7-12-4-5-14(17)15(18)8-12/h4-5,8,11,13H,2-3,6-7,9-10H2,1H3,(H,20,21). The summed E-state index contributed by atoms with van der Waals surface area (Å²) in [6.45, 7) is 3.88. The minimum absolute atomic E-state index is 0.0196. The highest BCUT2D eigenvalue weighted by Gasteiger charge is 2.26. The summed E-state index contributed by atoms with van der Waals surface area (Å²) in [5, 5.41) is 9.10. The van der Waals surface area contributed by atoms with Gasteiger partial charge in [-0.25, -0.2) is 8.78 Å². The van der Waals surface area contributed by atoms with Crippen molar-refractivity contribution in [2.75, 3.05) is 13.1 Å². The second-order valence-electron chi connectivity index (χ2n) is 5.95. The Hall–Kier alpha value is -1.49. The first-order valence-electron chi connectivity index (χ1n) is 7.35. The van der Waals surface area contributed by atoms with Gasteiger partial charge in [-0.1, -0.05) is 13.0 Å². The summed E-state index contributed by atoms with van der Waals surface area (Å²) >= 11 is 0. The molecule has 2 rings (SSSR count). The molecule has 1 N–H and O–H groups in total. The number of nitrogens with zero attached hydrogens (tertiary/aromatic N) is 1. The van der Waals surface area contributed by atoms with E-state index in [1.54, 1.807) is 0 Å². The third kappa shape index (κ3) is 4.49. The number of hydrogen-bond acceptors (Lipinski definition) is 2. The van der Waals surface area contributed by atoms with Crippen molar-refractivity contribution in [3.8, 4) is 0 Å². The van der Waals surface area contributed by atoms with Crippen molar-refractivity contribution in [1.29, 1.82) is 0 Å². The van der Waals surface area contributed by atoms with Crippen LogP contribution >= 0.6 is 0 Å². The highest BCUT2D eigenvalue weighted by Crippen LogP contribution is 2.22. The molecular formula is C16H21F2NO2. The Kier molecular flexibility index (Phi) is 5.28. The first-order chi connectivity index (χ1) is 9.95. The van der Waals surface area contributed by atoms with Gasteiger partial charge in [-0.2, -0.15) is 0 Å². The van der Waals surface area contributed by atoms with Gasteiger partial charge in [0.15, 0.2) is 11.6 Å². The van der Waals surface area contributed by atoms with Crippen molar-refractivity contribution in [2.24, 2.45) is 5.92 Å². The molecule has 21 heavy (non-hydrogen) atoms. The number of halogens is 2. The zero-order valence-corrected chi connectivity index (χ0v) is 12.2. The predicted octanol–water partition coefficient (Wildman–Crippen LogP) is 3.08. The maximum absolute atomic E-state index is 13.3. The summed E-state index contributed by atoms with van der Waals surface area (Å²) < 4.78 is 26.3. The molecule has 0 radical (unpaired) electrons. The smallest absolute Gasteiger partial charge is 0.304 e. The Labute approximate surface area is 123 Å². The molecule has 0 saturated carbocycles. The topological polar surface area (TPSA) is 40.5 Å². The van der Waals surface area contributed by atoms with Crippen LogP contribution < -0.4 is 0 Å². The fourth-order valence-corrected chi connectivity index (χ4v) is 3.03. The van der Waals surface area contributed by atoms with Gasteiger partial charge in [-0.05, 0) is 49.4 Å². The van der Waals surface area contributed by atoms with Gasteiger partial charge in [-0.3, -0.25) is 9.69 Å². The Morgan fingerprint density at radius 3 is 2.81 bits per heavy atom. The van der Waals surface area contributed by atoms with Crippen LogP contribution in [-0.2, 0) is 11.2 Å². The SMILES string of the molecule is CC1CCCN(C(CC(=O)O)Cc2ccc(F)c(F)c2)C1. The summed E-state index contributed by atoms with van der Waals surface area (Å²) in [6, 6.07) is 3.62. The lowest BCUT2D eigenvalue weighted by atomic mass is 9.95. The molecular weight excluding hydrogens is 276 g/mol. The molecule has 2 atom stereocenters. The molecule has 1 saturated heterocycles. The molecule has 1 heterocycles. The molecule has 1 aliphatic heterocycles. The fourth-order valence-electron chi connectivity index (χ4n) is 3.03. The number of piperidine rings is 1. The number of carbonyl (C=O) groups is 1. The van der Waals surface area contributed by atoms with Crippen LogP contribution in [-0.4, -0.2) is 35.1 Å². The van der Waals surface area contributed by atoms with E-state index in [9.17, 15) is 13.6 Å². The molecule has 5 heteroatoms.